The van der Waals surface area contributed by atoms with E-state index in [4.69, 9.17) is 9.84 Å². The zero-order valence-corrected chi connectivity index (χ0v) is 15.0. The molecule has 4 nitrogen and oxygen atoms in total. The van der Waals surface area contributed by atoms with Crippen molar-refractivity contribution in [3.8, 4) is 0 Å². The number of ether oxygens (including phenoxy) is 1. The predicted octanol–water partition coefficient (Wildman–Crippen LogP) is 0.818. The van der Waals surface area contributed by atoms with Crippen molar-refractivity contribution in [1.82, 2.24) is 0 Å². The second-order valence-corrected chi connectivity index (χ2v) is 4.89. The molecule has 0 radical (unpaired) electrons. The van der Waals surface area contributed by atoms with Crippen LogP contribution in [0.4, 0.5) is 0 Å². The molecule has 0 spiro atoms. The molecule has 0 rings (SSSR count). The van der Waals surface area contributed by atoms with Gasteiger partial charge in [0.15, 0.2) is 0 Å². The zero-order valence-electron chi connectivity index (χ0n) is 14.0. The Kier molecular flexibility index (Phi) is 16.6. The molecule has 0 aromatic rings. The van der Waals surface area contributed by atoms with Crippen molar-refractivity contribution in [3.63, 3.8) is 0 Å². The van der Waals surface area contributed by atoms with Gasteiger partial charge in [-0.15, -0.1) is 0 Å². The van der Waals surface area contributed by atoms with Gasteiger partial charge < -0.3 is 11.3 Å². The van der Waals surface area contributed by atoms with Crippen molar-refractivity contribution in [2.75, 3.05) is 6.61 Å². The molecule has 1 N–H and O–H groups in total. The summed E-state index contributed by atoms with van der Waals surface area (Å²) in [6, 6.07) is 0. The number of aliphatic carboxylic acids is 1. The van der Waals surface area contributed by atoms with Gasteiger partial charge in [0.05, 0.1) is 6.61 Å². The van der Waals surface area contributed by atoms with E-state index >= 15 is 0 Å². The summed E-state index contributed by atoms with van der Waals surface area (Å²) < 4.78 is 4.99. The number of hydrogen-bond acceptors (Lipinski definition) is 3. The van der Waals surface area contributed by atoms with E-state index in [0.717, 1.165) is 44.9 Å². The van der Waals surface area contributed by atoms with Crippen LogP contribution in [-0.2, 0) is 14.3 Å². The summed E-state index contributed by atoms with van der Waals surface area (Å²) >= 11 is 0. The average Bonchev–Trinajstić information content (AvgIpc) is 2.35. The number of carboxylic acids is 1. The van der Waals surface area contributed by atoms with Crippen LogP contribution >= 0.6 is 0 Å². The molecule has 0 heterocycles. The van der Waals surface area contributed by atoms with Gasteiger partial charge in [-0.2, -0.15) is 0 Å². The zero-order chi connectivity index (χ0) is 14.5. The SMILES string of the molecule is C=C(C)C(=O)OCCCCCCCCCCC(=O)O.[H-].[Na+]. The fraction of sp³-hybridized carbons (Fsp3) is 0.733. The molecule has 0 aliphatic heterocycles. The number of hydrogen-bond donors (Lipinski definition) is 1. The van der Waals surface area contributed by atoms with Gasteiger partial charge in [0.1, 0.15) is 0 Å². The Hall–Kier alpha value is -0.320. The van der Waals surface area contributed by atoms with Crippen LogP contribution < -0.4 is 29.6 Å². The molecule has 0 fully saturated rings. The van der Waals surface area contributed by atoms with E-state index in [1.807, 2.05) is 0 Å². The van der Waals surface area contributed by atoms with Crippen LogP contribution in [0.25, 0.3) is 0 Å². The fourth-order valence-electron chi connectivity index (χ4n) is 1.73. The molecular formula is C15H27NaO4. The molecule has 0 saturated heterocycles. The minimum atomic E-state index is -0.704. The molecule has 0 amide bonds. The summed E-state index contributed by atoms with van der Waals surface area (Å²) in [5.41, 5.74) is 0.446. The number of carbonyl (C=O) groups excluding carboxylic acids is 1. The predicted molar refractivity (Wildman–Crippen MR) is 76.1 cm³/mol. The van der Waals surface area contributed by atoms with E-state index in [-0.39, 0.29) is 43.4 Å². The Balaban J connectivity index is -0.00000162. The molecular weight excluding hydrogens is 267 g/mol. The first-order chi connectivity index (χ1) is 9.04. The second-order valence-electron chi connectivity index (χ2n) is 4.89. The van der Waals surface area contributed by atoms with Crippen molar-refractivity contribution in [2.24, 2.45) is 0 Å². The Morgan fingerprint density at radius 2 is 1.45 bits per heavy atom. The van der Waals surface area contributed by atoms with Crippen LogP contribution in [0.1, 0.15) is 66.1 Å². The quantitative estimate of drug-likeness (QED) is 0.250. The van der Waals surface area contributed by atoms with E-state index in [9.17, 15) is 9.59 Å². The maximum absolute atomic E-state index is 11.1. The maximum Gasteiger partial charge on any atom is 1.00 e. The minimum Gasteiger partial charge on any atom is -1.00 e. The molecule has 0 unspecified atom stereocenters. The van der Waals surface area contributed by atoms with Crippen molar-refractivity contribution in [1.29, 1.82) is 0 Å². The van der Waals surface area contributed by atoms with E-state index in [0.29, 0.717) is 12.2 Å². The number of carboxylic acid groups (broad SMARTS) is 1. The standard InChI is InChI=1S/C15H26O4.Na.H/c1-13(2)15(18)19-12-10-8-6-4-3-5-7-9-11-14(16)17;;/h1,3-12H2,2H3,(H,16,17);;/q;+1;-1. The summed E-state index contributed by atoms with van der Waals surface area (Å²) in [5.74, 6) is -1.01. The summed E-state index contributed by atoms with van der Waals surface area (Å²) in [6.07, 6.45) is 8.62. The third-order valence-electron chi connectivity index (χ3n) is 2.87. The van der Waals surface area contributed by atoms with Gasteiger partial charge >= 0.3 is 41.5 Å². The summed E-state index contributed by atoms with van der Waals surface area (Å²) in [7, 11) is 0. The van der Waals surface area contributed by atoms with Gasteiger partial charge in [0.25, 0.3) is 0 Å². The van der Waals surface area contributed by atoms with Crippen molar-refractivity contribution in [3.05, 3.63) is 12.2 Å². The van der Waals surface area contributed by atoms with Crippen molar-refractivity contribution >= 4 is 11.9 Å². The summed E-state index contributed by atoms with van der Waals surface area (Å²) in [4.78, 5) is 21.3. The molecule has 0 saturated carbocycles. The van der Waals surface area contributed by atoms with Crippen LogP contribution in [0.5, 0.6) is 0 Å². The largest absolute Gasteiger partial charge is 1.00 e. The number of unbranched alkanes of at least 4 members (excludes halogenated alkanes) is 7. The summed E-state index contributed by atoms with van der Waals surface area (Å²) in [5, 5.41) is 8.47. The normalized spacial score (nSPS) is 9.65. The van der Waals surface area contributed by atoms with Crippen LogP contribution in [0.15, 0.2) is 12.2 Å². The smallest absolute Gasteiger partial charge is 1.00 e. The van der Waals surface area contributed by atoms with E-state index in [2.05, 4.69) is 6.58 Å². The molecule has 5 heteroatoms. The first-order valence-electron chi connectivity index (χ1n) is 7.08. The Morgan fingerprint density at radius 1 is 1.00 bits per heavy atom. The van der Waals surface area contributed by atoms with E-state index in [1.54, 1.807) is 6.92 Å². The molecule has 20 heavy (non-hydrogen) atoms. The van der Waals surface area contributed by atoms with Gasteiger partial charge in [-0.05, 0) is 19.8 Å². The molecule has 0 aliphatic carbocycles. The van der Waals surface area contributed by atoms with Crippen LogP contribution in [0.2, 0.25) is 0 Å². The third kappa shape index (κ3) is 15.7. The average molecular weight is 294 g/mol. The Morgan fingerprint density at radius 3 is 1.90 bits per heavy atom. The van der Waals surface area contributed by atoms with Crippen LogP contribution in [0, 0.1) is 0 Å². The Bertz CT molecular complexity index is 295. The maximum atomic E-state index is 11.1. The molecule has 0 bridgehead atoms. The molecule has 0 aliphatic rings. The fourth-order valence-corrected chi connectivity index (χ4v) is 1.73. The van der Waals surface area contributed by atoms with Gasteiger partial charge in [0, 0.05) is 12.0 Å². The van der Waals surface area contributed by atoms with Gasteiger partial charge in [-0.3, -0.25) is 4.79 Å². The second kappa shape index (κ2) is 15.1. The molecule has 112 valence electrons. The third-order valence-corrected chi connectivity index (χ3v) is 2.87. The summed E-state index contributed by atoms with van der Waals surface area (Å²) in [6.45, 7) is 5.64. The van der Waals surface area contributed by atoms with Gasteiger partial charge in [0.2, 0.25) is 0 Å². The van der Waals surface area contributed by atoms with Crippen molar-refractivity contribution < 1.29 is 50.4 Å². The first kappa shape index (κ1) is 22.0. The number of carbonyl (C=O) groups is 2. The van der Waals surface area contributed by atoms with Crippen LogP contribution in [0.3, 0.4) is 0 Å². The molecule has 0 atom stereocenters. The van der Waals surface area contributed by atoms with Gasteiger partial charge in [-0.1, -0.05) is 45.1 Å². The van der Waals surface area contributed by atoms with E-state index < -0.39 is 5.97 Å². The van der Waals surface area contributed by atoms with Crippen LogP contribution in [-0.4, -0.2) is 23.7 Å². The number of esters is 1. The molecule has 0 aromatic carbocycles. The number of rotatable bonds is 12. The van der Waals surface area contributed by atoms with E-state index in [1.165, 1.54) is 6.42 Å². The Labute approximate surface area is 145 Å². The first-order valence-corrected chi connectivity index (χ1v) is 7.08. The van der Waals surface area contributed by atoms with Gasteiger partial charge in [-0.25, -0.2) is 4.79 Å². The topological polar surface area (TPSA) is 63.6 Å². The molecule has 0 aromatic heterocycles. The monoisotopic (exact) mass is 294 g/mol. The van der Waals surface area contributed by atoms with Crippen molar-refractivity contribution in [2.45, 2.75) is 64.7 Å². The minimum absolute atomic E-state index is 0.